The zero-order valence-corrected chi connectivity index (χ0v) is 11.5. The molecule has 0 aromatic heterocycles. The Hall–Kier alpha value is -1.28. The summed E-state index contributed by atoms with van der Waals surface area (Å²) < 4.78 is 5.27. The molecule has 1 rings (SSSR count). The largest absolute Gasteiger partial charge is 0.496 e. The van der Waals surface area contributed by atoms with Crippen LogP contribution >= 0.6 is 0 Å². The van der Waals surface area contributed by atoms with E-state index in [1.165, 1.54) is 16.7 Å². The van der Waals surface area contributed by atoms with Gasteiger partial charge < -0.3 is 10.1 Å². The molecule has 0 aliphatic carbocycles. The van der Waals surface area contributed by atoms with Crippen molar-refractivity contribution in [1.82, 2.24) is 5.32 Å². The molecule has 94 valence electrons. The Bertz CT molecular complexity index is 394. The van der Waals surface area contributed by atoms with Gasteiger partial charge in [-0.3, -0.25) is 0 Å². The monoisotopic (exact) mass is 233 g/mol. The summed E-state index contributed by atoms with van der Waals surface area (Å²) in [6, 6.07) is 6.29. The summed E-state index contributed by atoms with van der Waals surface area (Å²) in [6.07, 6.45) is 2.26. The Morgan fingerprint density at radius 3 is 2.59 bits per heavy atom. The summed E-state index contributed by atoms with van der Waals surface area (Å²) in [4.78, 5) is 0. The van der Waals surface area contributed by atoms with Crippen molar-refractivity contribution in [3.8, 4) is 5.75 Å². The Balaban J connectivity index is 2.99. The lowest BCUT2D eigenvalue weighted by Gasteiger charge is -2.12. The van der Waals surface area contributed by atoms with E-state index in [4.69, 9.17) is 4.74 Å². The first-order valence-electron chi connectivity index (χ1n) is 6.08. The van der Waals surface area contributed by atoms with Gasteiger partial charge in [-0.1, -0.05) is 31.6 Å². The van der Waals surface area contributed by atoms with Gasteiger partial charge in [0.25, 0.3) is 0 Å². The molecule has 0 aliphatic rings. The minimum atomic E-state index is 0.560. The van der Waals surface area contributed by atoms with E-state index in [0.29, 0.717) is 5.92 Å². The molecule has 0 amide bonds. The quantitative estimate of drug-likeness (QED) is 0.843. The van der Waals surface area contributed by atoms with Crippen molar-refractivity contribution in [3.63, 3.8) is 0 Å². The van der Waals surface area contributed by atoms with Crippen molar-refractivity contribution in [2.75, 3.05) is 20.7 Å². The predicted molar refractivity (Wildman–Crippen MR) is 74.5 cm³/mol. The maximum Gasteiger partial charge on any atom is 0.121 e. The maximum atomic E-state index is 5.27. The molecule has 0 bridgehead atoms. The molecule has 1 aromatic rings. The summed E-state index contributed by atoms with van der Waals surface area (Å²) in [5, 5.41) is 3.21. The van der Waals surface area contributed by atoms with Gasteiger partial charge in [0.15, 0.2) is 0 Å². The van der Waals surface area contributed by atoms with Crippen molar-refractivity contribution in [1.29, 1.82) is 0 Å². The Morgan fingerprint density at radius 2 is 2.12 bits per heavy atom. The number of benzene rings is 1. The molecule has 17 heavy (non-hydrogen) atoms. The molecule has 0 atom stereocenters. The van der Waals surface area contributed by atoms with Crippen LogP contribution in [0.15, 0.2) is 23.8 Å². The lowest BCUT2D eigenvalue weighted by atomic mass is 9.99. The standard InChI is InChI=1S/C15H23NO/c1-11(2)14(10-16-4)9-13-6-7-15(17-5)12(3)8-13/h6-9,11,16H,10H2,1-5H3. The van der Waals surface area contributed by atoms with Crippen molar-refractivity contribution < 1.29 is 4.74 Å². The molecule has 0 fully saturated rings. The molecule has 0 heterocycles. The van der Waals surface area contributed by atoms with Crippen LogP contribution in [0, 0.1) is 12.8 Å². The van der Waals surface area contributed by atoms with Crippen molar-refractivity contribution in [2.24, 2.45) is 5.92 Å². The molecule has 2 nitrogen and oxygen atoms in total. The van der Waals surface area contributed by atoms with Crippen LogP contribution in [0.4, 0.5) is 0 Å². The van der Waals surface area contributed by atoms with Gasteiger partial charge in [-0.2, -0.15) is 0 Å². The normalized spacial score (nSPS) is 12.0. The van der Waals surface area contributed by atoms with Gasteiger partial charge >= 0.3 is 0 Å². The van der Waals surface area contributed by atoms with Crippen LogP contribution in [-0.4, -0.2) is 20.7 Å². The maximum absolute atomic E-state index is 5.27. The number of likely N-dealkylation sites (N-methyl/N-ethyl adjacent to an activating group) is 1. The van der Waals surface area contributed by atoms with Crippen molar-refractivity contribution >= 4 is 6.08 Å². The first-order valence-corrected chi connectivity index (χ1v) is 6.08. The lowest BCUT2D eigenvalue weighted by Crippen LogP contribution is -2.13. The molecule has 0 saturated heterocycles. The molecular formula is C15H23NO. The number of hydrogen-bond acceptors (Lipinski definition) is 2. The zero-order valence-electron chi connectivity index (χ0n) is 11.5. The number of rotatable bonds is 5. The highest BCUT2D eigenvalue weighted by atomic mass is 16.5. The van der Waals surface area contributed by atoms with Gasteiger partial charge in [0.05, 0.1) is 7.11 Å². The van der Waals surface area contributed by atoms with E-state index in [0.717, 1.165) is 12.3 Å². The van der Waals surface area contributed by atoms with Gasteiger partial charge in [0.2, 0.25) is 0 Å². The molecule has 1 N–H and O–H groups in total. The highest BCUT2D eigenvalue weighted by Gasteiger charge is 2.03. The molecule has 0 radical (unpaired) electrons. The van der Waals surface area contributed by atoms with Gasteiger partial charge in [-0.15, -0.1) is 0 Å². The topological polar surface area (TPSA) is 21.3 Å². The first-order chi connectivity index (χ1) is 8.08. The average Bonchev–Trinajstić information content (AvgIpc) is 2.28. The summed E-state index contributed by atoms with van der Waals surface area (Å²) in [5.41, 5.74) is 3.83. The van der Waals surface area contributed by atoms with Crippen LogP contribution < -0.4 is 10.1 Å². The van der Waals surface area contributed by atoms with Crippen molar-refractivity contribution in [2.45, 2.75) is 20.8 Å². The van der Waals surface area contributed by atoms with Gasteiger partial charge in [-0.25, -0.2) is 0 Å². The van der Waals surface area contributed by atoms with E-state index < -0.39 is 0 Å². The van der Waals surface area contributed by atoms with Gasteiger partial charge in [0.1, 0.15) is 5.75 Å². The first kappa shape index (κ1) is 13.8. The van der Waals surface area contributed by atoms with E-state index in [1.807, 2.05) is 13.1 Å². The Kier molecular flexibility index (Phi) is 5.23. The number of hydrogen-bond donors (Lipinski definition) is 1. The third kappa shape index (κ3) is 3.90. The number of methoxy groups -OCH3 is 1. The second-order valence-corrected chi connectivity index (χ2v) is 4.63. The fraction of sp³-hybridized carbons (Fsp3) is 0.467. The van der Waals surface area contributed by atoms with E-state index in [1.54, 1.807) is 7.11 Å². The van der Waals surface area contributed by atoms with Gasteiger partial charge in [-0.05, 0) is 43.1 Å². The van der Waals surface area contributed by atoms with Crippen LogP contribution in [0.1, 0.15) is 25.0 Å². The Labute approximate surface area is 105 Å². The highest BCUT2D eigenvalue weighted by Crippen LogP contribution is 2.21. The predicted octanol–water partition coefficient (Wildman–Crippen LogP) is 3.26. The molecule has 0 aliphatic heterocycles. The lowest BCUT2D eigenvalue weighted by molar-refractivity contribution is 0.411. The fourth-order valence-electron chi connectivity index (χ4n) is 1.83. The molecular weight excluding hydrogens is 210 g/mol. The second-order valence-electron chi connectivity index (χ2n) is 4.63. The summed E-state index contributed by atoms with van der Waals surface area (Å²) in [7, 11) is 3.69. The van der Waals surface area contributed by atoms with Crippen LogP contribution in [0.5, 0.6) is 5.75 Å². The number of nitrogens with one attached hydrogen (secondary N) is 1. The minimum Gasteiger partial charge on any atom is -0.496 e. The van der Waals surface area contributed by atoms with Crippen molar-refractivity contribution in [3.05, 3.63) is 34.9 Å². The molecule has 1 aromatic carbocycles. The third-order valence-electron chi connectivity index (χ3n) is 2.89. The van der Waals surface area contributed by atoms with Crippen LogP contribution in [0.2, 0.25) is 0 Å². The molecule has 0 saturated carbocycles. The zero-order chi connectivity index (χ0) is 12.8. The molecule has 2 heteroatoms. The summed E-state index contributed by atoms with van der Waals surface area (Å²) >= 11 is 0. The van der Waals surface area contributed by atoms with Crippen LogP contribution in [-0.2, 0) is 0 Å². The molecule has 0 spiro atoms. The smallest absolute Gasteiger partial charge is 0.121 e. The van der Waals surface area contributed by atoms with E-state index in [-0.39, 0.29) is 0 Å². The highest BCUT2D eigenvalue weighted by molar-refractivity contribution is 5.56. The van der Waals surface area contributed by atoms with Gasteiger partial charge in [0, 0.05) is 6.54 Å². The minimum absolute atomic E-state index is 0.560. The Morgan fingerprint density at radius 1 is 1.41 bits per heavy atom. The summed E-state index contributed by atoms with van der Waals surface area (Å²) in [5.74, 6) is 1.51. The number of ether oxygens (including phenoxy) is 1. The van der Waals surface area contributed by atoms with E-state index in [9.17, 15) is 0 Å². The number of aryl methyl sites for hydroxylation is 1. The van der Waals surface area contributed by atoms with Crippen LogP contribution in [0.3, 0.4) is 0 Å². The second kappa shape index (κ2) is 6.45. The summed E-state index contributed by atoms with van der Waals surface area (Å²) in [6.45, 7) is 7.45. The third-order valence-corrected chi connectivity index (χ3v) is 2.89. The van der Waals surface area contributed by atoms with Crippen LogP contribution in [0.25, 0.3) is 6.08 Å². The van der Waals surface area contributed by atoms with E-state index >= 15 is 0 Å². The van der Waals surface area contributed by atoms with E-state index in [2.05, 4.69) is 44.3 Å². The fourth-order valence-corrected chi connectivity index (χ4v) is 1.83. The SMILES string of the molecule is CNCC(=Cc1ccc(OC)c(C)c1)C(C)C. The average molecular weight is 233 g/mol. The molecule has 0 unspecified atom stereocenters.